The molecule has 0 spiro atoms. The predicted molar refractivity (Wildman–Crippen MR) is 110 cm³/mol. The Balaban J connectivity index is 1.63. The molecule has 0 bridgehead atoms. The Bertz CT molecular complexity index is 880. The molecule has 2 atom stereocenters. The fourth-order valence-electron chi connectivity index (χ4n) is 3.68. The summed E-state index contributed by atoms with van der Waals surface area (Å²) in [4.78, 5) is 11.8. The first-order valence-corrected chi connectivity index (χ1v) is 9.91. The number of hydrogen-bond donors (Lipinski definition) is 3. The van der Waals surface area contributed by atoms with E-state index in [1.807, 2.05) is 12.3 Å². The number of hydrogen-bond acceptors (Lipinski definition) is 7. The van der Waals surface area contributed by atoms with Crippen LogP contribution in [-0.4, -0.2) is 40.9 Å². The molecule has 0 radical (unpaired) electrons. The average molecular weight is 398 g/mol. The molecule has 2 aromatic rings. The molecular formula is C21H29N6O2+. The Kier molecular flexibility index (Phi) is 6.49. The van der Waals surface area contributed by atoms with E-state index in [1.165, 1.54) is 0 Å². The van der Waals surface area contributed by atoms with E-state index in [-0.39, 0.29) is 17.6 Å². The summed E-state index contributed by atoms with van der Waals surface area (Å²) in [5, 5.41) is 26.2. The van der Waals surface area contributed by atoms with Crippen molar-refractivity contribution in [3.63, 3.8) is 0 Å². The molecule has 0 amide bonds. The molecular weight excluding hydrogens is 368 g/mol. The second-order valence-electron chi connectivity index (χ2n) is 8.15. The molecule has 3 rings (SSSR count). The fourth-order valence-corrected chi connectivity index (χ4v) is 3.68. The number of nitrogens with zero attached hydrogens (tertiary/aromatic N) is 3. The van der Waals surface area contributed by atoms with Gasteiger partial charge in [-0.05, 0) is 37.2 Å². The van der Waals surface area contributed by atoms with Gasteiger partial charge in [-0.3, -0.25) is 0 Å². The van der Waals surface area contributed by atoms with Gasteiger partial charge >= 0.3 is 0 Å². The van der Waals surface area contributed by atoms with Crippen molar-refractivity contribution >= 4 is 11.8 Å². The lowest BCUT2D eigenvalue weighted by Crippen LogP contribution is -2.41. The highest BCUT2D eigenvalue weighted by Crippen LogP contribution is 2.36. The van der Waals surface area contributed by atoms with Crippen LogP contribution in [0.2, 0.25) is 0 Å². The Hall–Kier alpha value is -2.92. The monoisotopic (exact) mass is 397 g/mol. The van der Waals surface area contributed by atoms with E-state index in [0.717, 1.165) is 37.0 Å². The number of aromatic nitrogens is 3. The van der Waals surface area contributed by atoms with Gasteiger partial charge in [-0.1, -0.05) is 13.8 Å². The van der Waals surface area contributed by atoms with Crippen molar-refractivity contribution in [3.05, 3.63) is 35.8 Å². The Morgan fingerprint density at radius 3 is 2.93 bits per heavy atom. The van der Waals surface area contributed by atoms with E-state index in [1.54, 1.807) is 19.5 Å². The third kappa shape index (κ3) is 5.33. The van der Waals surface area contributed by atoms with Crippen molar-refractivity contribution in [2.45, 2.75) is 51.7 Å². The van der Waals surface area contributed by atoms with E-state index < -0.39 is 0 Å². The normalized spacial score (nSPS) is 20.5. The highest BCUT2D eigenvalue weighted by atomic mass is 16.5. The van der Waals surface area contributed by atoms with E-state index in [0.29, 0.717) is 23.9 Å². The van der Waals surface area contributed by atoms with Crippen LogP contribution in [-0.2, 0) is 6.42 Å². The third-order valence-electron chi connectivity index (χ3n) is 5.47. The van der Waals surface area contributed by atoms with Gasteiger partial charge in [0.25, 0.3) is 0 Å². The zero-order chi connectivity index (χ0) is 20.9. The summed E-state index contributed by atoms with van der Waals surface area (Å²) in [7, 11) is 1.64. The molecule has 8 heteroatoms. The molecule has 4 N–H and O–H groups in total. The number of H-pyrrole nitrogens is 1. The molecule has 0 aromatic carbocycles. The predicted octanol–water partition coefficient (Wildman–Crippen LogP) is 2.18. The molecule has 29 heavy (non-hydrogen) atoms. The van der Waals surface area contributed by atoms with E-state index in [9.17, 15) is 10.4 Å². The number of aliphatic hydroxyl groups is 1. The van der Waals surface area contributed by atoms with Crippen LogP contribution in [0, 0.1) is 16.7 Å². The van der Waals surface area contributed by atoms with E-state index in [4.69, 9.17) is 4.74 Å². The maximum atomic E-state index is 10.2. The molecule has 0 aliphatic heterocycles. The number of aliphatic hydroxyl groups excluding tert-OH is 1. The number of rotatable bonds is 7. The molecule has 1 aliphatic carbocycles. The summed E-state index contributed by atoms with van der Waals surface area (Å²) >= 11 is 0. The molecule has 2 heterocycles. The quantitative estimate of drug-likeness (QED) is 0.655. The Morgan fingerprint density at radius 1 is 1.38 bits per heavy atom. The number of pyridine rings is 1. The third-order valence-corrected chi connectivity index (χ3v) is 5.47. The highest BCUT2D eigenvalue weighted by molar-refractivity contribution is 5.54. The summed E-state index contributed by atoms with van der Waals surface area (Å²) in [6, 6.07) is 4.29. The summed E-state index contributed by atoms with van der Waals surface area (Å²) in [6.07, 6.45) is 8.13. The summed E-state index contributed by atoms with van der Waals surface area (Å²) in [6.45, 7) is 4.79. The number of ether oxygens (including phenoxy) is 1. The van der Waals surface area contributed by atoms with Crippen molar-refractivity contribution in [1.29, 1.82) is 5.26 Å². The van der Waals surface area contributed by atoms with Gasteiger partial charge in [-0.15, -0.1) is 0 Å². The SMILES string of the molecule is COc1c[nH+]cc(CCNc2ncc(C#N)c(N[C@@H]3CC[C@H](O)C(C)(C)C3)n2)c1. The second-order valence-corrected chi connectivity index (χ2v) is 8.15. The van der Waals surface area contributed by atoms with Crippen molar-refractivity contribution in [3.8, 4) is 11.8 Å². The first-order chi connectivity index (χ1) is 13.9. The van der Waals surface area contributed by atoms with Gasteiger partial charge in [0.2, 0.25) is 12.1 Å². The Labute approximate surface area is 171 Å². The molecule has 0 unspecified atom stereocenters. The van der Waals surface area contributed by atoms with Gasteiger partial charge < -0.3 is 20.5 Å². The Morgan fingerprint density at radius 2 is 2.21 bits per heavy atom. The first-order valence-electron chi connectivity index (χ1n) is 9.91. The average Bonchev–Trinajstić information content (AvgIpc) is 2.71. The topological polar surface area (TPSA) is 117 Å². The van der Waals surface area contributed by atoms with E-state index in [2.05, 4.69) is 45.5 Å². The molecule has 8 nitrogen and oxygen atoms in total. The lowest BCUT2D eigenvalue weighted by molar-refractivity contribution is -0.379. The summed E-state index contributed by atoms with van der Waals surface area (Å²) in [5.74, 6) is 1.80. The summed E-state index contributed by atoms with van der Waals surface area (Å²) in [5.41, 5.74) is 1.36. The van der Waals surface area contributed by atoms with Gasteiger partial charge in [0, 0.05) is 18.2 Å². The molecule has 154 valence electrons. The minimum absolute atomic E-state index is 0.162. The second kappa shape index (κ2) is 9.05. The van der Waals surface area contributed by atoms with Crippen molar-refractivity contribution < 1.29 is 14.8 Å². The number of methoxy groups -OCH3 is 1. The van der Waals surface area contributed by atoms with Crippen LogP contribution < -0.4 is 20.4 Å². The van der Waals surface area contributed by atoms with Gasteiger partial charge in [0.05, 0.1) is 19.4 Å². The smallest absolute Gasteiger partial charge is 0.224 e. The van der Waals surface area contributed by atoms with Gasteiger partial charge in [-0.25, -0.2) is 9.97 Å². The fraction of sp³-hybridized carbons (Fsp3) is 0.524. The van der Waals surface area contributed by atoms with Crippen molar-refractivity contribution in [2.75, 3.05) is 24.3 Å². The minimum atomic E-state index is -0.299. The van der Waals surface area contributed by atoms with Crippen molar-refractivity contribution in [1.82, 2.24) is 9.97 Å². The van der Waals surface area contributed by atoms with Crippen LogP contribution in [0.3, 0.4) is 0 Å². The van der Waals surface area contributed by atoms with Crippen LogP contribution in [0.1, 0.15) is 44.2 Å². The maximum Gasteiger partial charge on any atom is 0.224 e. The van der Waals surface area contributed by atoms with Gasteiger partial charge in [0.1, 0.15) is 17.5 Å². The molecule has 1 saturated carbocycles. The van der Waals surface area contributed by atoms with Crippen LogP contribution >= 0.6 is 0 Å². The van der Waals surface area contributed by atoms with Crippen LogP contribution in [0.15, 0.2) is 24.7 Å². The molecule has 0 saturated heterocycles. The molecule has 1 aliphatic rings. The van der Waals surface area contributed by atoms with Gasteiger partial charge in [-0.2, -0.15) is 10.2 Å². The van der Waals surface area contributed by atoms with Crippen LogP contribution in [0.5, 0.6) is 5.75 Å². The number of anilines is 2. The zero-order valence-corrected chi connectivity index (χ0v) is 17.2. The van der Waals surface area contributed by atoms with Crippen molar-refractivity contribution in [2.24, 2.45) is 5.41 Å². The number of nitrogens with one attached hydrogen (secondary N) is 3. The number of nitriles is 1. The van der Waals surface area contributed by atoms with E-state index >= 15 is 0 Å². The summed E-state index contributed by atoms with van der Waals surface area (Å²) < 4.78 is 5.22. The molecule has 2 aromatic heterocycles. The largest absolute Gasteiger partial charge is 0.491 e. The van der Waals surface area contributed by atoms with Gasteiger partial charge in [0.15, 0.2) is 11.9 Å². The standard InChI is InChI=1S/C21H28N6O2/c1-21(2)9-16(4-5-18(21)28)26-19-15(10-22)12-25-20(27-19)24-7-6-14-8-17(29-3)13-23-11-14/h8,11-13,16,18,28H,4-7,9H2,1-3H3,(H2,24,25,26,27)/p+1/t16-,18+/m1/s1. The maximum absolute atomic E-state index is 10.2. The zero-order valence-electron chi connectivity index (χ0n) is 17.2. The first kappa shape index (κ1) is 20.8. The van der Waals surface area contributed by atoms with Crippen LogP contribution in [0.4, 0.5) is 11.8 Å². The minimum Gasteiger partial charge on any atom is -0.491 e. The lowest BCUT2D eigenvalue weighted by Gasteiger charge is -2.40. The lowest BCUT2D eigenvalue weighted by atomic mass is 9.73. The number of aromatic amines is 1. The molecule has 1 fully saturated rings. The highest BCUT2D eigenvalue weighted by Gasteiger charge is 2.35. The van der Waals surface area contributed by atoms with Crippen LogP contribution in [0.25, 0.3) is 0 Å².